The highest BCUT2D eigenvalue weighted by atomic mass is 35.5. The van der Waals surface area contributed by atoms with Gasteiger partial charge in [0.1, 0.15) is 16.6 Å². The van der Waals surface area contributed by atoms with Gasteiger partial charge in [-0.3, -0.25) is 4.79 Å². The number of carbonyl (C=O) groups excluding carboxylic acids is 1. The van der Waals surface area contributed by atoms with Gasteiger partial charge >= 0.3 is 0 Å². The number of carbonyl (C=O) groups is 1. The second kappa shape index (κ2) is 8.66. The maximum absolute atomic E-state index is 12.4. The summed E-state index contributed by atoms with van der Waals surface area (Å²) in [4.78, 5) is 13.7. The van der Waals surface area contributed by atoms with Gasteiger partial charge in [0.05, 0.1) is 17.4 Å². The van der Waals surface area contributed by atoms with Gasteiger partial charge in [0.2, 0.25) is 5.91 Å². The van der Waals surface area contributed by atoms with Gasteiger partial charge in [-0.15, -0.1) is 11.3 Å². The lowest BCUT2D eigenvalue weighted by Crippen LogP contribution is -2.40. The Kier molecular flexibility index (Phi) is 6.83. The zero-order valence-corrected chi connectivity index (χ0v) is 16.3. The molecular formula is C16H19ClN2O4S2. The Hall–Kier alpha value is -1.61. The van der Waals surface area contributed by atoms with Crippen molar-refractivity contribution in [3.8, 4) is 5.75 Å². The SMILES string of the molecule is CN(CCOc1ccccc1)C(=O)CN(C)S(=O)(=O)c1ccc(Cl)s1. The quantitative estimate of drug-likeness (QED) is 0.680. The largest absolute Gasteiger partial charge is 0.492 e. The van der Waals surface area contributed by atoms with E-state index in [1.165, 1.54) is 24.1 Å². The van der Waals surface area contributed by atoms with Crippen LogP contribution in [0.25, 0.3) is 0 Å². The molecule has 1 amide bonds. The second-order valence-electron chi connectivity index (χ2n) is 5.30. The van der Waals surface area contributed by atoms with Gasteiger partial charge in [0.15, 0.2) is 0 Å². The molecule has 0 N–H and O–H groups in total. The minimum Gasteiger partial charge on any atom is -0.492 e. The topological polar surface area (TPSA) is 66.9 Å². The van der Waals surface area contributed by atoms with Crippen molar-refractivity contribution in [2.24, 2.45) is 0 Å². The molecule has 1 aromatic carbocycles. The van der Waals surface area contributed by atoms with Crippen LogP contribution in [0.4, 0.5) is 0 Å². The average molecular weight is 403 g/mol. The van der Waals surface area contributed by atoms with Gasteiger partial charge in [-0.1, -0.05) is 29.8 Å². The molecule has 0 radical (unpaired) electrons. The normalized spacial score (nSPS) is 11.5. The first kappa shape index (κ1) is 19.7. The van der Waals surface area contributed by atoms with Crippen LogP contribution < -0.4 is 4.74 Å². The van der Waals surface area contributed by atoms with Crippen LogP contribution in [-0.4, -0.2) is 57.3 Å². The third kappa shape index (κ3) is 5.43. The molecule has 0 atom stereocenters. The van der Waals surface area contributed by atoms with Gasteiger partial charge < -0.3 is 9.64 Å². The molecule has 9 heteroatoms. The molecule has 0 bridgehead atoms. The van der Waals surface area contributed by atoms with E-state index in [0.29, 0.717) is 17.5 Å². The Labute approximate surface area is 156 Å². The van der Waals surface area contributed by atoms with Gasteiger partial charge in [-0.2, -0.15) is 4.31 Å². The van der Waals surface area contributed by atoms with Crippen LogP contribution >= 0.6 is 22.9 Å². The number of halogens is 1. The fraction of sp³-hybridized carbons (Fsp3) is 0.312. The van der Waals surface area contributed by atoms with Crippen LogP contribution in [0.5, 0.6) is 5.75 Å². The van der Waals surface area contributed by atoms with Crippen LogP contribution in [0.15, 0.2) is 46.7 Å². The lowest BCUT2D eigenvalue weighted by atomic mass is 10.3. The summed E-state index contributed by atoms with van der Waals surface area (Å²) in [6.45, 7) is 0.426. The van der Waals surface area contributed by atoms with Crippen molar-refractivity contribution < 1.29 is 17.9 Å². The fourth-order valence-electron chi connectivity index (χ4n) is 1.93. The maximum Gasteiger partial charge on any atom is 0.252 e. The third-order valence-corrected chi connectivity index (χ3v) is 6.94. The van der Waals surface area contributed by atoms with E-state index in [4.69, 9.17) is 16.3 Å². The molecule has 0 fully saturated rings. The molecule has 136 valence electrons. The predicted molar refractivity (Wildman–Crippen MR) is 98.7 cm³/mol. The molecule has 0 aliphatic carbocycles. The van der Waals surface area contributed by atoms with Crippen molar-refractivity contribution in [2.75, 3.05) is 33.8 Å². The van der Waals surface area contributed by atoms with Crippen LogP contribution in [0.1, 0.15) is 0 Å². The van der Waals surface area contributed by atoms with E-state index in [0.717, 1.165) is 21.4 Å². The first-order valence-electron chi connectivity index (χ1n) is 7.44. The number of amides is 1. The molecule has 0 aliphatic rings. The molecule has 2 aromatic rings. The minimum atomic E-state index is -3.72. The first-order valence-corrected chi connectivity index (χ1v) is 10.1. The maximum atomic E-state index is 12.4. The molecule has 0 saturated heterocycles. The summed E-state index contributed by atoms with van der Waals surface area (Å²) >= 11 is 6.74. The number of sulfonamides is 1. The lowest BCUT2D eigenvalue weighted by molar-refractivity contribution is -0.130. The Balaban J connectivity index is 1.85. The number of para-hydroxylation sites is 1. The molecule has 0 spiro atoms. The molecule has 1 aromatic heterocycles. The van der Waals surface area contributed by atoms with Crippen LogP contribution in [0.2, 0.25) is 4.34 Å². The van der Waals surface area contributed by atoms with E-state index >= 15 is 0 Å². The van der Waals surface area contributed by atoms with Gasteiger partial charge in [-0.25, -0.2) is 8.42 Å². The van der Waals surface area contributed by atoms with Crippen molar-refractivity contribution in [1.29, 1.82) is 0 Å². The Bertz CT molecular complexity index is 809. The van der Waals surface area contributed by atoms with E-state index in [9.17, 15) is 13.2 Å². The highest BCUT2D eigenvalue weighted by molar-refractivity contribution is 7.91. The van der Waals surface area contributed by atoms with Crippen LogP contribution in [0.3, 0.4) is 0 Å². The highest BCUT2D eigenvalue weighted by Gasteiger charge is 2.25. The number of hydrogen-bond donors (Lipinski definition) is 0. The Morgan fingerprint density at radius 1 is 1.16 bits per heavy atom. The van der Waals surface area contributed by atoms with Crippen molar-refractivity contribution in [1.82, 2.24) is 9.21 Å². The van der Waals surface area contributed by atoms with Gasteiger partial charge in [0.25, 0.3) is 10.0 Å². The summed E-state index contributed by atoms with van der Waals surface area (Å²) in [7, 11) is -0.741. The monoisotopic (exact) mass is 402 g/mol. The molecule has 1 heterocycles. The first-order chi connectivity index (χ1) is 11.8. The van der Waals surface area contributed by atoms with E-state index in [1.807, 2.05) is 30.3 Å². The van der Waals surface area contributed by atoms with Crippen molar-refractivity contribution in [2.45, 2.75) is 4.21 Å². The number of thiophene rings is 1. The lowest BCUT2D eigenvalue weighted by Gasteiger charge is -2.21. The fourth-order valence-corrected chi connectivity index (χ4v) is 4.74. The zero-order chi connectivity index (χ0) is 18.4. The van der Waals surface area contributed by atoms with Gasteiger partial charge in [0, 0.05) is 14.1 Å². The smallest absolute Gasteiger partial charge is 0.252 e. The third-order valence-electron chi connectivity index (χ3n) is 3.44. The summed E-state index contributed by atoms with van der Waals surface area (Å²) in [5.74, 6) is 0.406. The summed E-state index contributed by atoms with van der Waals surface area (Å²) < 4.78 is 31.8. The summed E-state index contributed by atoms with van der Waals surface area (Å²) in [6.07, 6.45) is 0. The van der Waals surface area contributed by atoms with E-state index in [1.54, 1.807) is 7.05 Å². The molecule has 0 saturated carbocycles. The molecule has 2 rings (SSSR count). The Morgan fingerprint density at radius 3 is 2.44 bits per heavy atom. The second-order valence-corrected chi connectivity index (χ2v) is 9.28. The number of rotatable bonds is 8. The summed E-state index contributed by atoms with van der Waals surface area (Å²) in [5, 5.41) is 0. The Morgan fingerprint density at radius 2 is 1.84 bits per heavy atom. The molecule has 0 aliphatic heterocycles. The number of likely N-dealkylation sites (N-methyl/N-ethyl adjacent to an activating group) is 2. The number of benzene rings is 1. The molecule has 25 heavy (non-hydrogen) atoms. The molecule has 6 nitrogen and oxygen atoms in total. The minimum absolute atomic E-state index is 0.114. The van der Waals surface area contributed by atoms with Crippen LogP contribution in [-0.2, 0) is 14.8 Å². The van der Waals surface area contributed by atoms with Crippen molar-refractivity contribution in [3.05, 3.63) is 46.8 Å². The van der Waals surface area contributed by atoms with E-state index < -0.39 is 10.0 Å². The summed E-state index contributed by atoms with van der Waals surface area (Å²) in [6, 6.07) is 12.2. The average Bonchev–Trinajstić information content (AvgIpc) is 3.02. The van der Waals surface area contributed by atoms with E-state index in [2.05, 4.69) is 0 Å². The number of ether oxygens (including phenoxy) is 1. The standard InChI is InChI=1S/C16H19ClN2O4S2/c1-18(10-11-23-13-6-4-3-5-7-13)15(20)12-19(2)25(21,22)16-9-8-14(17)24-16/h3-9H,10-12H2,1-2H3. The number of nitrogens with zero attached hydrogens (tertiary/aromatic N) is 2. The van der Waals surface area contributed by atoms with Crippen molar-refractivity contribution in [3.63, 3.8) is 0 Å². The molecule has 0 unspecified atom stereocenters. The van der Waals surface area contributed by atoms with E-state index in [-0.39, 0.29) is 16.7 Å². The van der Waals surface area contributed by atoms with Crippen molar-refractivity contribution >= 4 is 38.9 Å². The zero-order valence-electron chi connectivity index (χ0n) is 13.9. The number of hydrogen-bond acceptors (Lipinski definition) is 5. The highest BCUT2D eigenvalue weighted by Crippen LogP contribution is 2.27. The van der Waals surface area contributed by atoms with Gasteiger partial charge in [-0.05, 0) is 24.3 Å². The van der Waals surface area contributed by atoms with Crippen LogP contribution in [0, 0.1) is 0 Å². The summed E-state index contributed by atoms with van der Waals surface area (Å²) in [5.41, 5.74) is 0. The molecular weight excluding hydrogens is 384 g/mol. The predicted octanol–water partition coefficient (Wildman–Crippen LogP) is 2.56.